The summed E-state index contributed by atoms with van der Waals surface area (Å²) in [6.45, 7) is 1.50. The van der Waals surface area contributed by atoms with E-state index >= 15 is 0 Å². The molecule has 6 heteroatoms. The van der Waals surface area contributed by atoms with Gasteiger partial charge in [0.05, 0.1) is 5.03 Å². The van der Waals surface area contributed by atoms with Crippen LogP contribution in [-0.2, 0) is 4.79 Å². The maximum atomic E-state index is 12.3. The van der Waals surface area contributed by atoms with E-state index in [1.807, 2.05) is 36.4 Å². The summed E-state index contributed by atoms with van der Waals surface area (Å²) in [6.07, 6.45) is 3.55. The Hall–Kier alpha value is -2.37. The van der Waals surface area contributed by atoms with Crippen molar-refractivity contribution in [3.05, 3.63) is 64.2 Å². The van der Waals surface area contributed by atoms with Crippen molar-refractivity contribution in [1.82, 2.24) is 10.6 Å². The first-order valence-corrected chi connectivity index (χ1v) is 7.52. The van der Waals surface area contributed by atoms with Crippen LogP contribution in [0.5, 0.6) is 0 Å². The number of rotatable bonds is 2. The lowest BCUT2D eigenvalue weighted by atomic mass is 9.58. The largest absolute Gasteiger partial charge is 0.377 e. The average molecular weight is 329 g/mol. The van der Waals surface area contributed by atoms with Crippen molar-refractivity contribution in [3.63, 3.8) is 0 Å². The summed E-state index contributed by atoms with van der Waals surface area (Å²) in [5.41, 5.74) is -0.639. The quantitative estimate of drug-likeness (QED) is 0.725. The Morgan fingerprint density at radius 1 is 1.13 bits per heavy atom. The molecule has 23 heavy (non-hydrogen) atoms. The summed E-state index contributed by atoms with van der Waals surface area (Å²) >= 11 is 6.34. The summed E-state index contributed by atoms with van der Waals surface area (Å²) < 4.78 is 0. The van der Waals surface area contributed by atoms with Crippen LogP contribution in [0, 0.1) is 0 Å². The Bertz CT molecular complexity index is 856. The third-order valence-corrected chi connectivity index (χ3v) is 5.14. The van der Waals surface area contributed by atoms with Crippen LogP contribution in [0.3, 0.4) is 0 Å². The highest BCUT2D eigenvalue weighted by atomic mass is 35.5. The molecule has 3 amide bonds. The molecule has 1 saturated heterocycles. The van der Waals surface area contributed by atoms with E-state index in [1.54, 1.807) is 6.08 Å². The molecule has 0 aromatic heterocycles. The molecule has 1 heterocycles. The third kappa shape index (κ3) is 1.56. The minimum Gasteiger partial charge on any atom is -0.377 e. The van der Waals surface area contributed by atoms with Gasteiger partial charge in [0.25, 0.3) is 5.91 Å². The van der Waals surface area contributed by atoms with E-state index in [2.05, 4.69) is 10.6 Å². The van der Waals surface area contributed by atoms with Crippen molar-refractivity contribution in [1.29, 1.82) is 0 Å². The van der Waals surface area contributed by atoms with Crippen LogP contribution in [-0.4, -0.2) is 28.2 Å². The van der Waals surface area contributed by atoms with Crippen molar-refractivity contribution < 1.29 is 14.7 Å². The molecule has 1 aromatic carbocycles. The summed E-state index contributed by atoms with van der Waals surface area (Å²) in [5, 5.41) is 16.4. The van der Waals surface area contributed by atoms with Crippen molar-refractivity contribution in [3.8, 4) is 0 Å². The third-order valence-electron chi connectivity index (χ3n) is 4.75. The molecule has 3 N–H and O–H groups in total. The van der Waals surface area contributed by atoms with Gasteiger partial charge in [0.15, 0.2) is 5.54 Å². The number of nitrogens with one attached hydrogen (secondary N) is 2. The number of halogens is 1. The van der Waals surface area contributed by atoms with Crippen molar-refractivity contribution >= 4 is 29.1 Å². The molecule has 5 nitrogen and oxygen atoms in total. The first kappa shape index (κ1) is 14.2. The van der Waals surface area contributed by atoms with Crippen molar-refractivity contribution in [2.24, 2.45) is 0 Å². The molecule has 1 aliphatic heterocycles. The maximum absolute atomic E-state index is 12.3. The second kappa shape index (κ2) is 4.34. The number of carbonyl (C=O) groups is 2. The van der Waals surface area contributed by atoms with Crippen LogP contribution in [0.25, 0.3) is 5.57 Å². The van der Waals surface area contributed by atoms with Crippen LogP contribution in [0.2, 0.25) is 0 Å². The lowest BCUT2D eigenvalue weighted by Crippen LogP contribution is -2.68. The smallest absolute Gasteiger partial charge is 0.322 e. The van der Waals surface area contributed by atoms with Crippen LogP contribution in [0.4, 0.5) is 4.79 Å². The van der Waals surface area contributed by atoms with E-state index in [1.165, 1.54) is 6.92 Å². The monoisotopic (exact) mass is 328 g/mol. The Morgan fingerprint density at radius 3 is 2.39 bits per heavy atom. The minimum absolute atomic E-state index is 0.420. The molecule has 3 aliphatic rings. The predicted octanol–water partition coefficient (Wildman–Crippen LogP) is 1.85. The van der Waals surface area contributed by atoms with Gasteiger partial charge in [0, 0.05) is 11.1 Å². The number of amides is 3. The van der Waals surface area contributed by atoms with Gasteiger partial charge in [-0.15, -0.1) is 0 Å². The number of benzene rings is 1. The molecule has 4 rings (SSSR count). The highest BCUT2D eigenvalue weighted by Crippen LogP contribution is 2.59. The molecule has 1 fully saturated rings. The zero-order chi connectivity index (χ0) is 16.4. The number of aliphatic hydroxyl groups is 1. The van der Waals surface area contributed by atoms with E-state index < -0.39 is 23.1 Å². The van der Waals surface area contributed by atoms with Crippen molar-refractivity contribution in [2.45, 2.75) is 18.1 Å². The SMILES string of the molecule is CC1(C2(O)c3ccc(-c4ccccc4)c2c3Cl)NC(=O)NC1=O. The Kier molecular flexibility index (Phi) is 2.69. The number of imide groups is 1. The fourth-order valence-electron chi connectivity index (χ4n) is 3.46. The van der Waals surface area contributed by atoms with Gasteiger partial charge in [-0.25, -0.2) is 4.79 Å². The highest BCUT2D eigenvalue weighted by Gasteiger charge is 2.67. The first-order chi connectivity index (χ1) is 10.9. The number of hydrogen-bond donors (Lipinski definition) is 3. The molecular weight excluding hydrogens is 316 g/mol. The normalized spacial score (nSPS) is 32.0. The van der Waals surface area contributed by atoms with E-state index in [9.17, 15) is 14.7 Å². The molecule has 0 saturated carbocycles. The topological polar surface area (TPSA) is 78.4 Å². The molecule has 2 atom stereocenters. The second-order valence-corrected chi connectivity index (χ2v) is 6.34. The number of urea groups is 1. The molecule has 1 aromatic rings. The van der Waals surface area contributed by atoms with Gasteiger partial charge in [0.2, 0.25) is 0 Å². The number of carbonyl (C=O) groups excluding carboxylic acids is 2. The Labute approximate surface area is 137 Å². The average Bonchev–Trinajstić information content (AvgIpc) is 2.82. The van der Waals surface area contributed by atoms with Gasteiger partial charge in [-0.05, 0) is 18.1 Å². The van der Waals surface area contributed by atoms with Crippen LogP contribution in [0.1, 0.15) is 12.5 Å². The molecule has 0 radical (unpaired) electrons. The van der Waals surface area contributed by atoms with Gasteiger partial charge in [-0.2, -0.15) is 0 Å². The summed E-state index contributed by atoms with van der Waals surface area (Å²) in [7, 11) is 0. The zero-order valence-corrected chi connectivity index (χ0v) is 12.9. The van der Waals surface area contributed by atoms with E-state index in [0.29, 0.717) is 16.2 Å². The molecule has 116 valence electrons. The number of hydrogen-bond acceptors (Lipinski definition) is 3. The maximum Gasteiger partial charge on any atom is 0.322 e. The molecule has 2 bridgehead atoms. The van der Waals surface area contributed by atoms with Gasteiger partial charge >= 0.3 is 6.03 Å². The lowest BCUT2D eigenvalue weighted by molar-refractivity contribution is -0.129. The Balaban J connectivity index is 1.86. The van der Waals surface area contributed by atoms with E-state index in [4.69, 9.17) is 11.6 Å². The second-order valence-electron chi connectivity index (χ2n) is 5.96. The molecule has 0 spiro atoms. The summed E-state index contributed by atoms with van der Waals surface area (Å²) in [4.78, 5) is 23.8. The number of allylic oxidation sites excluding steroid dienone is 2. The van der Waals surface area contributed by atoms with Gasteiger partial charge < -0.3 is 10.4 Å². The van der Waals surface area contributed by atoms with Crippen molar-refractivity contribution in [2.75, 3.05) is 0 Å². The fraction of sp³-hybridized carbons (Fsp3) is 0.176. The van der Waals surface area contributed by atoms with Crippen LogP contribution >= 0.6 is 11.6 Å². The van der Waals surface area contributed by atoms with Crippen LogP contribution in [0.15, 0.2) is 58.7 Å². The zero-order valence-electron chi connectivity index (χ0n) is 12.2. The predicted molar refractivity (Wildman–Crippen MR) is 85.4 cm³/mol. The molecular formula is C17H13ClN2O3. The highest BCUT2D eigenvalue weighted by molar-refractivity contribution is 6.36. The van der Waals surface area contributed by atoms with E-state index in [0.717, 1.165) is 11.1 Å². The first-order valence-electron chi connectivity index (χ1n) is 7.14. The van der Waals surface area contributed by atoms with Gasteiger partial charge in [-0.3, -0.25) is 10.1 Å². The fourth-order valence-corrected chi connectivity index (χ4v) is 3.90. The summed E-state index contributed by atoms with van der Waals surface area (Å²) in [6, 6.07) is 8.83. The number of fused-ring (bicyclic) bond motifs is 2. The van der Waals surface area contributed by atoms with Gasteiger partial charge in [0.1, 0.15) is 5.60 Å². The van der Waals surface area contributed by atoms with Gasteiger partial charge in [-0.1, -0.05) is 54.1 Å². The minimum atomic E-state index is -1.65. The standard InChI is InChI=1S/C17H13ClN2O3/c1-16(14(21)19-15(22)20-16)17(23)11-8-7-10(12(17)13(11)18)9-5-3-2-4-6-9/h2-8,23H,1H3,(H2,19,20,21,22). The van der Waals surface area contributed by atoms with Crippen LogP contribution < -0.4 is 10.6 Å². The van der Waals surface area contributed by atoms with E-state index in [-0.39, 0.29) is 0 Å². The summed E-state index contributed by atoms with van der Waals surface area (Å²) in [5.74, 6) is -0.577. The lowest BCUT2D eigenvalue weighted by Gasteiger charge is -2.52. The Morgan fingerprint density at radius 2 is 1.83 bits per heavy atom. The molecule has 2 unspecified atom stereocenters. The molecule has 2 aliphatic carbocycles.